The molecule has 0 amide bonds. The van der Waals surface area contributed by atoms with Gasteiger partial charge in [-0.2, -0.15) is 0 Å². The molecule has 1 fully saturated rings. The summed E-state index contributed by atoms with van der Waals surface area (Å²) >= 11 is 0. The molecule has 1 unspecified atom stereocenters. The molecule has 0 radical (unpaired) electrons. The fourth-order valence-electron chi connectivity index (χ4n) is 2.12. The third kappa shape index (κ3) is 4.96. The molecule has 0 bridgehead atoms. The zero-order chi connectivity index (χ0) is 11.3. The van der Waals surface area contributed by atoms with Gasteiger partial charge in [-0.3, -0.25) is 4.90 Å². The summed E-state index contributed by atoms with van der Waals surface area (Å²) in [5, 5.41) is 3.49. The molecule has 0 aromatic rings. The minimum atomic E-state index is 0.701. The third-order valence-electron chi connectivity index (χ3n) is 3.04. The Morgan fingerprint density at radius 3 is 2.73 bits per heavy atom. The zero-order valence-corrected chi connectivity index (χ0v) is 10.8. The lowest BCUT2D eigenvalue weighted by Gasteiger charge is -2.38. The first-order valence-corrected chi connectivity index (χ1v) is 6.19. The van der Waals surface area contributed by atoms with E-state index in [2.05, 4.69) is 43.1 Å². The molecule has 1 saturated heterocycles. The van der Waals surface area contributed by atoms with Gasteiger partial charge in [-0.25, -0.2) is 0 Å². The van der Waals surface area contributed by atoms with Crippen LogP contribution in [0.2, 0.25) is 0 Å². The Balaban J connectivity index is 2.35. The van der Waals surface area contributed by atoms with Crippen LogP contribution in [0.4, 0.5) is 0 Å². The highest BCUT2D eigenvalue weighted by atomic mass is 15.2. The molecule has 0 aromatic carbocycles. The highest BCUT2D eigenvalue weighted by Gasteiger charge is 2.22. The van der Waals surface area contributed by atoms with Gasteiger partial charge in [0, 0.05) is 32.2 Å². The molecule has 1 aliphatic rings. The number of nitrogens with zero attached hydrogens (tertiary/aromatic N) is 2. The van der Waals surface area contributed by atoms with Gasteiger partial charge in [0.2, 0.25) is 0 Å². The van der Waals surface area contributed by atoms with E-state index in [1.165, 1.54) is 26.1 Å². The van der Waals surface area contributed by atoms with Gasteiger partial charge in [-0.15, -0.1) is 0 Å². The van der Waals surface area contributed by atoms with Crippen LogP contribution in [-0.4, -0.2) is 62.7 Å². The largest absolute Gasteiger partial charge is 0.314 e. The molecule has 1 aliphatic heterocycles. The van der Waals surface area contributed by atoms with Crippen molar-refractivity contribution in [1.82, 2.24) is 15.1 Å². The van der Waals surface area contributed by atoms with Crippen molar-refractivity contribution < 1.29 is 0 Å². The predicted octanol–water partition coefficient (Wildman–Crippen LogP) is 0.868. The Hall–Kier alpha value is -0.120. The van der Waals surface area contributed by atoms with Crippen molar-refractivity contribution in [2.24, 2.45) is 5.92 Å². The maximum Gasteiger partial charge on any atom is 0.0348 e. The van der Waals surface area contributed by atoms with Crippen LogP contribution in [0.5, 0.6) is 0 Å². The van der Waals surface area contributed by atoms with E-state index in [1.807, 2.05) is 0 Å². The second-order valence-corrected chi connectivity index (χ2v) is 5.34. The maximum atomic E-state index is 3.49. The maximum absolute atomic E-state index is 3.49. The summed E-state index contributed by atoms with van der Waals surface area (Å²) < 4.78 is 0. The van der Waals surface area contributed by atoms with Crippen LogP contribution >= 0.6 is 0 Å². The number of nitrogens with one attached hydrogen (secondary N) is 1. The first-order chi connectivity index (χ1) is 7.09. The van der Waals surface area contributed by atoms with E-state index in [9.17, 15) is 0 Å². The Kier molecular flexibility index (Phi) is 5.58. The van der Waals surface area contributed by atoms with Crippen molar-refractivity contribution in [2.75, 3.05) is 46.8 Å². The van der Waals surface area contributed by atoms with Crippen LogP contribution in [0.25, 0.3) is 0 Å². The van der Waals surface area contributed by atoms with E-state index in [1.54, 1.807) is 0 Å². The zero-order valence-electron chi connectivity index (χ0n) is 10.8. The molecule has 1 rings (SSSR count). The summed E-state index contributed by atoms with van der Waals surface area (Å²) in [7, 11) is 4.32. The molecule has 90 valence electrons. The van der Waals surface area contributed by atoms with Gasteiger partial charge in [-0.05, 0) is 33.0 Å². The number of rotatable bonds is 5. The molecule has 3 nitrogen and oxygen atoms in total. The monoisotopic (exact) mass is 213 g/mol. The van der Waals surface area contributed by atoms with E-state index < -0.39 is 0 Å². The van der Waals surface area contributed by atoms with Gasteiger partial charge < -0.3 is 10.2 Å². The molecule has 0 aromatic heterocycles. The second kappa shape index (κ2) is 6.46. The molecule has 1 heterocycles. The molecule has 1 N–H and O–H groups in total. The van der Waals surface area contributed by atoms with E-state index in [4.69, 9.17) is 0 Å². The van der Waals surface area contributed by atoms with Crippen LogP contribution in [0.15, 0.2) is 0 Å². The van der Waals surface area contributed by atoms with Gasteiger partial charge in [-0.1, -0.05) is 13.8 Å². The lowest BCUT2D eigenvalue weighted by Crippen LogP contribution is -2.55. The van der Waals surface area contributed by atoms with Crippen molar-refractivity contribution in [2.45, 2.75) is 26.3 Å². The van der Waals surface area contributed by atoms with Crippen LogP contribution in [0, 0.1) is 5.92 Å². The number of likely N-dealkylation sites (N-methyl/N-ethyl adjacent to an activating group) is 1. The van der Waals surface area contributed by atoms with E-state index >= 15 is 0 Å². The summed E-state index contributed by atoms with van der Waals surface area (Å²) in [6, 6.07) is 0.701. The summed E-state index contributed by atoms with van der Waals surface area (Å²) in [6.07, 6.45) is 1.32. The third-order valence-corrected chi connectivity index (χ3v) is 3.04. The quantitative estimate of drug-likeness (QED) is 0.731. The Labute approximate surface area is 94.8 Å². The topological polar surface area (TPSA) is 18.5 Å². The molecular weight excluding hydrogens is 186 g/mol. The second-order valence-electron chi connectivity index (χ2n) is 5.34. The van der Waals surface area contributed by atoms with E-state index in [0.717, 1.165) is 19.0 Å². The Bertz CT molecular complexity index is 168. The SMILES string of the molecule is CC(C)CCN1CCNCC1CN(C)C. The summed E-state index contributed by atoms with van der Waals surface area (Å²) in [4.78, 5) is 4.94. The molecular formula is C12H27N3. The van der Waals surface area contributed by atoms with Gasteiger partial charge in [0.25, 0.3) is 0 Å². The fourth-order valence-corrected chi connectivity index (χ4v) is 2.12. The van der Waals surface area contributed by atoms with Gasteiger partial charge in [0.15, 0.2) is 0 Å². The van der Waals surface area contributed by atoms with Crippen molar-refractivity contribution >= 4 is 0 Å². The lowest BCUT2D eigenvalue weighted by molar-refractivity contribution is 0.127. The first-order valence-electron chi connectivity index (χ1n) is 6.19. The van der Waals surface area contributed by atoms with Gasteiger partial charge >= 0.3 is 0 Å². The van der Waals surface area contributed by atoms with Crippen LogP contribution in [-0.2, 0) is 0 Å². The minimum Gasteiger partial charge on any atom is -0.314 e. The molecule has 0 spiro atoms. The van der Waals surface area contributed by atoms with Crippen LogP contribution in [0.3, 0.4) is 0 Å². The van der Waals surface area contributed by atoms with Gasteiger partial charge in [0.05, 0.1) is 0 Å². The smallest absolute Gasteiger partial charge is 0.0348 e. The Morgan fingerprint density at radius 2 is 2.13 bits per heavy atom. The molecule has 0 aliphatic carbocycles. The minimum absolute atomic E-state index is 0.701. The summed E-state index contributed by atoms with van der Waals surface area (Å²) in [5.74, 6) is 0.819. The Morgan fingerprint density at radius 1 is 1.40 bits per heavy atom. The standard InChI is InChI=1S/C12H27N3/c1-11(2)5-7-15-8-6-13-9-12(15)10-14(3)4/h11-13H,5-10H2,1-4H3. The first kappa shape index (κ1) is 12.9. The lowest BCUT2D eigenvalue weighted by atomic mass is 10.1. The van der Waals surface area contributed by atoms with Crippen molar-refractivity contribution in [3.8, 4) is 0 Å². The predicted molar refractivity (Wildman–Crippen MR) is 66.2 cm³/mol. The average Bonchev–Trinajstić information content (AvgIpc) is 2.15. The van der Waals surface area contributed by atoms with Crippen molar-refractivity contribution in [3.05, 3.63) is 0 Å². The summed E-state index contributed by atoms with van der Waals surface area (Å²) in [5.41, 5.74) is 0. The van der Waals surface area contributed by atoms with Crippen LogP contribution < -0.4 is 5.32 Å². The number of piperazine rings is 1. The number of hydrogen-bond acceptors (Lipinski definition) is 3. The molecule has 0 saturated carbocycles. The number of hydrogen-bond donors (Lipinski definition) is 1. The fraction of sp³-hybridized carbons (Fsp3) is 1.00. The van der Waals surface area contributed by atoms with E-state index in [-0.39, 0.29) is 0 Å². The van der Waals surface area contributed by atoms with Gasteiger partial charge in [0.1, 0.15) is 0 Å². The molecule has 3 heteroatoms. The van der Waals surface area contributed by atoms with Crippen molar-refractivity contribution in [3.63, 3.8) is 0 Å². The van der Waals surface area contributed by atoms with Crippen LogP contribution in [0.1, 0.15) is 20.3 Å². The normalized spacial score (nSPS) is 24.0. The highest BCUT2D eigenvalue weighted by molar-refractivity contribution is 4.81. The average molecular weight is 213 g/mol. The summed E-state index contributed by atoms with van der Waals surface area (Å²) in [6.45, 7) is 10.6. The highest BCUT2D eigenvalue weighted by Crippen LogP contribution is 2.08. The van der Waals surface area contributed by atoms with Crippen molar-refractivity contribution in [1.29, 1.82) is 0 Å². The molecule has 1 atom stereocenters. The van der Waals surface area contributed by atoms with E-state index in [0.29, 0.717) is 6.04 Å². The molecule has 15 heavy (non-hydrogen) atoms.